The molecule has 1 spiro atoms. The Morgan fingerprint density at radius 1 is 1.22 bits per heavy atom. The van der Waals surface area contributed by atoms with Gasteiger partial charge in [-0.15, -0.1) is 0 Å². The number of methoxy groups -OCH3 is 1. The summed E-state index contributed by atoms with van der Waals surface area (Å²) in [6.45, 7) is 3.13. The minimum atomic E-state index is 0.0765. The SMILES string of the molecule is COC[C@H]1CC2(CCN(C(=O)c3cccnc3)CC2)CN1c1ncccn1. The first-order valence-electron chi connectivity index (χ1n) is 9.43. The van der Waals surface area contributed by atoms with E-state index in [4.69, 9.17) is 4.74 Å². The number of carbonyl (C=O) groups is 1. The van der Waals surface area contributed by atoms with E-state index in [1.165, 1.54) is 0 Å². The van der Waals surface area contributed by atoms with Crippen molar-refractivity contribution in [1.29, 1.82) is 0 Å². The summed E-state index contributed by atoms with van der Waals surface area (Å²) in [5.74, 6) is 0.845. The fourth-order valence-corrected chi connectivity index (χ4v) is 4.40. The second-order valence-electron chi connectivity index (χ2n) is 7.52. The molecular formula is C20H25N5O2. The van der Waals surface area contributed by atoms with Crippen LogP contribution in [0.25, 0.3) is 0 Å². The number of ether oxygens (including phenoxy) is 1. The lowest BCUT2D eigenvalue weighted by molar-refractivity contribution is 0.0598. The van der Waals surface area contributed by atoms with Crippen molar-refractivity contribution in [2.75, 3.05) is 38.3 Å². The van der Waals surface area contributed by atoms with Crippen molar-refractivity contribution >= 4 is 11.9 Å². The molecule has 142 valence electrons. The number of piperidine rings is 1. The number of amides is 1. The fourth-order valence-electron chi connectivity index (χ4n) is 4.40. The van der Waals surface area contributed by atoms with Gasteiger partial charge in [0, 0.05) is 51.5 Å². The predicted molar refractivity (Wildman–Crippen MR) is 101 cm³/mol. The third-order valence-electron chi connectivity index (χ3n) is 5.80. The highest BCUT2D eigenvalue weighted by Crippen LogP contribution is 2.44. The highest BCUT2D eigenvalue weighted by Gasteiger charge is 2.46. The Kier molecular flexibility index (Phi) is 5.03. The summed E-state index contributed by atoms with van der Waals surface area (Å²) in [7, 11) is 1.74. The number of aromatic nitrogens is 3. The molecule has 27 heavy (non-hydrogen) atoms. The topological polar surface area (TPSA) is 71.5 Å². The zero-order valence-electron chi connectivity index (χ0n) is 15.6. The van der Waals surface area contributed by atoms with Crippen LogP contribution in [-0.4, -0.2) is 65.2 Å². The quantitative estimate of drug-likeness (QED) is 0.823. The van der Waals surface area contributed by atoms with E-state index >= 15 is 0 Å². The first kappa shape index (κ1) is 17.9. The minimum absolute atomic E-state index is 0.0765. The molecule has 0 aromatic carbocycles. The van der Waals surface area contributed by atoms with E-state index in [1.807, 2.05) is 23.1 Å². The lowest BCUT2D eigenvalue weighted by Crippen LogP contribution is -2.44. The molecule has 0 N–H and O–H groups in total. The van der Waals surface area contributed by atoms with E-state index in [9.17, 15) is 4.79 Å². The lowest BCUT2D eigenvalue weighted by Gasteiger charge is -2.39. The highest BCUT2D eigenvalue weighted by molar-refractivity contribution is 5.93. The second-order valence-corrected chi connectivity index (χ2v) is 7.52. The highest BCUT2D eigenvalue weighted by atomic mass is 16.5. The number of nitrogens with zero attached hydrogens (tertiary/aromatic N) is 5. The molecule has 2 saturated heterocycles. The molecule has 0 radical (unpaired) electrons. The third kappa shape index (κ3) is 3.64. The molecule has 0 aliphatic carbocycles. The average molecular weight is 367 g/mol. The molecular weight excluding hydrogens is 342 g/mol. The van der Waals surface area contributed by atoms with E-state index in [0.717, 1.165) is 44.8 Å². The molecule has 1 amide bonds. The summed E-state index contributed by atoms with van der Waals surface area (Å²) in [5.41, 5.74) is 0.852. The normalized spacial score (nSPS) is 21.6. The van der Waals surface area contributed by atoms with Crippen molar-refractivity contribution < 1.29 is 9.53 Å². The van der Waals surface area contributed by atoms with E-state index < -0.39 is 0 Å². The molecule has 0 unspecified atom stereocenters. The number of rotatable bonds is 4. The summed E-state index contributed by atoms with van der Waals surface area (Å²) in [6.07, 6.45) is 9.93. The molecule has 7 heteroatoms. The molecule has 7 nitrogen and oxygen atoms in total. The molecule has 2 fully saturated rings. The Bertz CT molecular complexity index is 762. The molecule has 2 aromatic rings. The Morgan fingerprint density at radius 2 is 2.00 bits per heavy atom. The zero-order chi connectivity index (χ0) is 18.7. The maximum Gasteiger partial charge on any atom is 0.255 e. The van der Waals surface area contributed by atoms with Gasteiger partial charge in [0.25, 0.3) is 5.91 Å². The van der Waals surface area contributed by atoms with Crippen LogP contribution in [0.1, 0.15) is 29.6 Å². The third-order valence-corrected chi connectivity index (χ3v) is 5.80. The molecule has 1 atom stereocenters. The Balaban J connectivity index is 1.45. The van der Waals surface area contributed by atoms with E-state index in [1.54, 1.807) is 31.9 Å². The molecule has 2 aliphatic heterocycles. The van der Waals surface area contributed by atoms with Crippen LogP contribution in [-0.2, 0) is 4.74 Å². The monoisotopic (exact) mass is 367 g/mol. The van der Waals surface area contributed by atoms with Gasteiger partial charge in [-0.05, 0) is 42.9 Å². The number of hydrogen-bond acceptors (Lipinski definition) is 6. The van der Waals surface area contributed by atoms with Crippen LogP contribution >= 0.6 is 0 Å². The summed E-state index contributed by atoms with van der Waals surface area (Å²) in [6, 6.07) is 5.75. The van der Waals surface area contributed by atoms with Gasteiger partial charge in [0.2, 0.25) is 5.95 Å². The first-order chi connectivity index (χ1) is 13.2. The van der Waals surface area contributed by atoms with Crippen molar-refractivity contribution in [3.05, 3.63) is 48.5 Å². The number of carbonyl (C=O) groups excluding carboxylic acids is 1. The molecule has 4 heterocycles. The smallest absolute Gasteiger partial charge is 0.255 e. The molecule has 2 aromatic heterocycles. The lowest BCUT2D eigenvalue weighted by atomic mass is 9.76. The number of pyridine rings is 1. The Morgan fingerprint density at radius 3 is 2.67 bits per heavy atom. The average Bonchev–Trinajstić information content (AvgIpc) is 3.07. The molecule has 0 saturated carbocycles. The molecule has 2 aliphatic rings. The van der Waals surface area contributed by atoms with Gasteiger partial charge in [-0.1, -0.05) is 0 Å². The maximum absolute atomic E-state index is 12.7. The predicted octanol–water partition coefficient (Wildman–Crippen LogP) is 2.02. The van der Waals surface area contributed by atoms with Gasteiger partial charge >= 0.3 is 0 Å². The number of anilines is 1. The second kappa shape index (κ2) is 7.60. The zero-order valence-corrected chi connectivity index (χ0v) is 15.6. The van der Waals surface area contributed by atoms with Gasteiger partial charge in [-0.25, -0.2) is 9.97 Å². The maximum atomic E-state index is 12.7. The van der Waals surface area contributed by atoms with Gasteiger partial charge in [0.15, 0.2) is 0 Å². The van der Waals surface area contributed by atoms with Crippen molar-refractivity contribution in [3.8, 4) is 0 Å². The minimum Gasteiger partial charge on any atom is -0.383 e. The summed E-state index contributed by atoms with van der Waals surface area (Å²) in [4.78, 5) is 29.9. The summed E-state index contributed by atoms with van der Waals surface area (Å²) >= 11 is 0. The van der Waals surface area contributed by atoms with Crippen molar-refractivity contribution in [1.82, 2.24) is 19.9 Å². The van der Waals surface area contributed by atoms with Crippen LogP contribution < -0.4 is 4.90 Å². The molecule has 4 rings (SSSR count). The Hall–Kier alpha value is -2.54. The fraction of sp³-hybridized carbons (Fsp3) is 0.500. The van der Waals surface area contributed by atoms with Gasteiger partial charge in [-0.3, -0.25) is 9.78 Å². The van der Waals surface area contributed by atoms with Crippen molar-refractivity contribution in [2.24, 2.45) is 5.41 Å². The van der Waals surface area contributed by atoms with Crippen molar-refractivity contribution in [3.63, 3.8) is 0 Å². The van der Waals surface area contributed by atoms with E-state index in [-0.39, 0.29) is 17.4 Å². The van der Waals surface area contributed by atoms with E-state index in [0.29, 0.717) is 12.2 Å². The van der Waals surface area contributed by atoms with Crippen LogP contribution in [0.5, 0.6) is 0 Å². The van der Waals surface area contributed by atoms with Gasteiger partial charge < -0.3 is 14.5 Å². The number of likely N-dealkylation sites (tertiary alicyclic amines) is 1. The standard InChI is InChI=1S/C20H25N5O2/c1-27-14-17-12-20(15-25(17)19-22-8-3-9-23-19)5-10-24(11-6-20)18(26)16-4-2-7-21-13-16/h2-4,7-9,13,17H,5-6,10-12,14-15H2,1H3/t17-/m1/s1. The van der Waals surface area contributed by atoms with Crippen LogP contribution in [0.15, 0.2) is 43.0 Å². The van der Waals surface area contributed by atoms with Gasteiger partial charge in [0.1, 0.15) is 0 Å². The van der Waals surface area contributed by atoms with Crippen LogP contribution in [0.2, 0.25) is 0 Å². The van der Waals surface area contributed by atoms with Gasteiger partial charge in [0.05, 0.1) is 18.2 Å². The number of hydrogen-bond donors (Lipinski definition) is 0. The van der Waals surface area contributed by atoms with E-state index in [2.05, 4.69) is 19.9 Å². The van der Waals surface area contributed by atoms with Crippen LogP contribution in [0, 0.1) is 5.41 Å². The summed E-state index contributed by atoms with van der Waals surface area (Å²) < 4.78 is 5.46. The Labute approximate surface area is 159 Å². The molecule has 0 bridgehead atoms. The van der Waals surface area contributed by atoms with Crippen LogP contribution in [0.4, 0.5) is 5.95 Å². The summed E-state index contributed by atoms with van der Waals surface area (Å²) in [5, 5.41) is 0. The van der Waals surface area contributed by atoms with Crippen LogP contribution in [0.3, 0.4) is 0 Å². The first-order valence-corrected chi connectivity index (χ1v) is 9.43. The van der Waals surface area contributed by atoms with Crippen molar-refractivity contribution in [2.45, 2.75) is 25.3 Å². The largest absolute Gasteiger partial charge is 0.383 e. The van der Waals surface area contributed by atoms with Gasteiger partial charge in [-0.2, -0.15) is 0 Å².